The highest BCUT2D eigenvalue weighted by molar-refractivity contribution is 5.79. The van der Waals surface area contributed by atoms with E-state index in [1.54, 1.807) is 12.3 Å². The van der Waals surface area contributed by atoms with E-state index in [4.69, 9.17) is 16.3 Å². The maximum Gasteiger partial charge on any atom is 0.0915 e. The fourth-order valence-corrected chi connectivity index (χ4v) is 2.64. The maximum absolute atomic E-state index is 9.11. The number of nitrogens with zero attached hydrogens (tertiary/aromatic N) is 2. The molecule has 0 bridgehead atoms. The molecule has 24 heavy (non-hydrogen) atoms. The van der Waals surface area contributed by atoms with Gasteiger partial charge in [0.05, 0.1) is 12.1 Å². The Hall–Kier alpha value is -2.78. The average Bonchev–Trinajstić information content (AvgIpc) is 2.52. The Balaban J connectivity index is 3.70. The summed E-state index contributed by atoms with van der Waals surface area (Å²) in [7, 11) is 0. The lowest BCUT2D eigenvalue weighted by Gasteiger charge is -2.18. The van der Waals surface area contributed by atoms with E-state index in [1.807, 2.05) is 13.0 Å². The second kappa shape index (κ2) is 8.75. The Kier molecular flexibility index (Phi) is 7.02. The van der Waals surface area contributed by atoms with Gasteiger partial charge in [0, 0.05) is 12.2 Å². The lowest BCUT2D eigenvalue weighted by Crippen LogP contribution is -2.01. The van der Waals surface area contributed by atoms with Gasteiger partial charge >= 0.3 is 0 Å². The van der Waals surface area contributed by atoms with Crippen LogP contribution in [0.25, 0.3) is 16.7 Å². The molecule has 0 heterocycles. The van der Waals surface area contributed by atoms with Crippen LogP contribution in [0.1, 0.15) is 51.3 Å². The van der Waals surface area contributed by atoms with Crippen LogP contribution in [0.5, 0.6) is 0 Å². The van der Waals surface area contributed by atoms with E-state index in [2.05, 4.69) is 52.0 Å². The van der Waals surface area contributed by atoms with Gasteiger partial charge in [0.2, 0.25) is 0 Å². The maximum atomic E-state index is 9.11. The zero-order valence-corrected chi connectivity index (χ0v) is 15.1. The van der Waals surface area contributed by atoms with Crippen LogP contribution in [-0.4, -0.2) is 0 Å². The summed E-state index contributed by atoms with van der Waals surface area (Å²) in [5.41, 5.74) is 11.7. The van der Waals surface area contributed by atoms with E-state index in [-0.39, 0.29) is 11.8 Å². The monoisotopic (exact) mass is 319 g/mol. The number of allylic oxidation sites excluding steroid dienone is 5. The third-order valence-corrected chi connectivity index (χ3v) is 3.98. The first-order valence-corrected chi connectivity index (χ1v) is 8.09. The molecular weight excluding hydrogens is 294 g/mol. The molecule has 1 rings (SSSR count). The molecule has 0 aromatic heterocycles. The molecule has 124 valence electrons. The van der Waals surface area contributed by atoms with Crippen molar-refractivity contribution in [3.05, 3.63) is 53.2 Å². The summed E-state index contributed by atoms with van der Waals surface area (Å²) in [4.78, 5) is 0. The molecule has 0 fully saturated rings. The molecule has 0 unspecified atom stereocenters. The number of benzene rings is 1. The molecule has 0 aliphatic heterocycles. The van der Waals surface area contributed by atoms with Crippen molar-refractivity contribution in [2.45, 2.75) is 34.6 Å². The van der Waals surface area contributed by atoms with Crippen molar-refractivity contribution in [2.75, 3.05) is 0 Å². The van der Waals surface area contributed by atoms with Gasteiger partial charge in [-0.3, -0.25) is 0 Å². The van der Waals surface area contributed by atoms with Crippen LogP contribution in [0.3, 0.4) is 0 Å². The topological polar surface area (TPSA) is 73.6 Å². The molecule has 3 heteroatoms. The lowest BCUT2D eigenvalue weighted by atomic mass is 9.87. The molecule has 1 aromatic carbocycles. The van der Waals surface area contributed by atoms with Gasteiger partial charge in [-0.2, -0.15) is 10.5 Å². The van der Waals surface area contributed by atoms with Crippen molar-refractivity contribution in [3.8, 4) is 12.1 Å². The van der Waals surface area contributed by atoms with Gasteiger partial charge in [-0.25, -0.2) is 0 Å². The van der Waals surface area contributed by atoms with Gasteiger partial charge in [-0.05, 0) is 76.6 Å². The normalized spacial score (nSPS) is 13.1. The smallest absolute Gasteiger partial charge is 0.0915 e. The van der Waals surface area contributed by atoms with Crippen LogP contribution >= 0.6 is 0 Å². The summed E-state index contributed by atoms with van der Waals surface area (Å²) in [6, 6.07) is 10.4. The summed E-state index contributed by atoms with van der Waals surface area (Å²) >= 11 is 0. The highest BCUT2D eigenvalue weighted by Crippen LogP contribution is 2.31. The van der Waals surface area contributed by atoms with Gasteiger partial charge in [-0.15, -0.1) is 0 Å². The van der Waals surface area contributed by atoms with E-state index < -0.39 is 0 Å². The molecule has 0 saturated carbocycles. The molecule has 0 radical (unpaired) electrons. The first-order chi connectivity index (χ1) is 11.3. The van der Waals surface area contributed by atoms with Crippen molar-refractivity contribution in [3.63, 3.8) is 0 Å². The summed E-state index contributed by atoms with van der Waals surface area (Å²) in [6.45, 7) is 10.2. The van der Waals surface area contributed by atoms with Crippen LogP contribution in [0.2, 0.25) is 0 Å². The molecule has 3 nitrogen and oxygen atoms in total. The molecule has 0 aliphatic rings. The standard InChI is InChI=1S/C21H25N3/c1-14(2)20(7-9-23)18-10-17(16(5)6-8-22)11-19(12-18)21(13-24)15(3)4/h6-7,10-15H,24H2,1-5H3/b16-6+,20-7+,21-13+. The van der Waals surface area contributed by atoms with Crippen molar-refractivity contribution < 1.29 is 0 Å². The number of hydrogen-bond donors (Lipinski definition) is 1. The van der Waals surface area contributed by atoms with Gasteiger partial charge in [0.15, 0.2) is 0 Å². The van der Waals surface area contributed by atoms with Gasteiger partial charge < -0.3 is 5.73 Å². The molecule has 0 saturated heterocycles. The van der Waals surface area contributed by atoms with E-state index in [1.165, 1.54) is 6.08 Å². The minimum atomic E-state index is 0.220. The van der Waals surface area contributed by atoms with E-state index in [9.17, 15) is 0 Å². The first-order valence-electron chi connectivity index (χ1n) is 8.09. The summed E-state index contributed by atoms with van der Waals surface area (Å²) in [6.07, 6.45) is 4.77. The van der Waals surface area contributed by atoms with Crippen LogP contribution in [0.4, 0.5) is 0 Å². The Morgan fingerprint density at radius 1 is 0.875 bits per heavy atom. The van der Waals surface area contributed by atoms with E-state index >= 15 is 0 Å². The Morgan fingerprint density at radius 3 is 1.75 bits per heavy atom. The van der Waals surface area contributed by atoms with Crippen molar-refractivity contribution in [1.29, 1.82) is 10.5 Å². The zero-order chi connectivity index (χ0) is 18.3. The van der Waals surface area contributed by atoms with E-state index in [0.717, 1.165) is 33.4 Å². The summed E-state index contributed by atoms with van der Waals surface area (Å²) in [5.74, 6) is 0.498. The Bertz CT molecular complexity index is 763. The van der Waals surface area contributed by atoms with Crippen LogP contribution in [-0.2, 0) is 0 Å². The fraction of sp³-hybridized carbons (Fsp3) is 0.333. The Labute approximate surface area is 145 Å². The molecule has 0 atom stereocenters. The van der Waals surface area contributed by atoms with Crippen molar-refractivity contribution in [2.24, 2.45) is 17.6 Å². The van der Waals surface area contributed by atoms with Crippen LogP contribution in [0.15, 0.2) is 36.6 Å². The number of hydrogen-bond acceptors (Lipinski definition) is 3. The number of rotatable bonds is 5. The quantitative estimate of drug-likeness (QED) is 0.764. The Morgan fingerprint density at radius 2 is 1.33 bits per heavy atom. The van der Waals surface area contributed by atoms with Crippen LogP contribution < -0.4 is 5.73 Å². The third-order valence-electron chi connectivity index (χ3n) is 3.98. The van der Waals surface area contributed by atoms with Gasteiger partial charge in [0.25, 0.3) is 0 Å². The highest BCUT2D eigenvalue weighted by atomic mass is 14.5. The van der Waals surface area contributed by atoms with Crippen molar-refractivity contribution in [1.82, 2.24) is 0 Å². The summed E-state index contributed by atoms with van der Waals surface area (Å²) < 4.78 is 0. The van der Waals surface area contributed by atoms with Gasteiger partial charge in [-0.1, -0.05) is 27.7 Å². The molecule has 2 N–H and O–H groups in total. The number of nitriles is 2. The molecule has 1 aromatic rings. The molecule has 0 amide bonds. The predicted molar refractivity (Wildman–Crippen MR) is 101 cm³/mol. The summed E-state index contributed by atoms with van der Waals surface area (Å²) in [5, 5.41) is 18.1. The first kappa shape index (κ1) is 19.3. The SMILES string of the molecule is C/C(=C\C#N)c1cc(/C(=C/N)C(C)C)cc(/C(=C/C#N)C(C)C)c1. The molecule has 0 aliphatic carbocycles. The molecule has 0 spiro atoms. The average molecular weight is 319 g/mol. The number of nitrogens with two attached hydrogens (primary N) is 1. The van der Waals surface area contributed by atoms with E-state index in [0.29, 0.717) is 0 Å². The minimum absolute atomic E-state index is 0.220. The second-order valence-electron chi connectivity index (χ2n) is 6.42. The van der Waals surface area contributed by atoms with Crippen molar-refractivity contribution >= 4 is 16.7 Å². The molecular formula is C21H25N3. The largest absolute Gasteiger partial charge is 0.404 e. The highest BCUT2D eigenvalue weighted by Gasteiger charge is 2.13. The third kappa shape index (κ3) is 4.61. The van der Waals surface area contributed by atoms with Crippen LogP contribution in [0, 0.1) is 34.5 Å². The fourth-order valence-electron chi connectivity index (χ4n) is 2.64. The lowest BCUT2D eigenvalue weighted by molar-refractivity contribution is 0.849. The second-order valence-corrected chi connectivity index (χ2v) is 6.42. The van der Waals surface area contributed by atoms with Gasteiger partial charge in [0.1, 0.15) is 0 Å². The predicted octanol–water partition coefficient (Wildman–Crippen LogP) is 5.13. The minimum Gasteiger partial charge on any atom is -0.404 e. The zero-order valence-electron chi connectivity index (χ0n) is 15.1.